The Hall–Kier alpha value is -0.120. The van der Waals surface area contributed by atoms with E-state index in [0.717, 1.165) is 25.7 Å². The SMILES string of the molecule is N[C@H]1CC[C@@H](COCCN2CCCCC2)CC1. The first-order valence-electron chi connectivity index (χ1n) is 7.40. The van der Waals surface area contributed by atoms with Crippen molar-refractivity contribution < 1.29 is 4.74 Å². The molecule has 0 atom stereocenters. The largest absolute Gasteiger partial charge is 0.380 e. The van der Waals surface area contributed by atoms with Crippen molar-refractivity contribution in [3.8, 4) is 0 Å². The fraction of sp³-hybridized carbons (Fsp3) is 1.00. The van der Waals surface area contributed by atoms with Gasteiger partial charge in [-0.3, -0.25) is 0 Å². The Bertz CT molecular complexity index is 196. The van der Waals surface area contributed by atoms with Gasteiger partial charge < -0.3 is 15.4 Å². The Morgan fingerprint density at radius 1 is 1.00 bits per heavy atom. The Morgan fingerprint density at radius 3 is 2.41 bits per heavy atom. The van der Waals surface area contributed by atoms with Crippen LogP contribution in [0.25, 0.3) is 0 Å². The van der Waals surface area contributed by atoms with Crippen LogP contribution < -0.4 is 5.73 Å². The lowest BCUT2D eigenvalue weighted by Crippen LogP contribution is -2.33. The summed E-state index contributed by atoms with van der Waals surface area (Å²) in [7, 11) is 0. The molecule has 2 fully saturated rings. The molecule has 0 aromatic carbocycles. The van der Waals surface area contributed by atoms with Crippen molar-refractivity contribution in [3.05, 3.63) is 0 Å². The summed E-state index contributed by atoms with van der Waals surface area (Å²) < 4.78 is 5.83. The smallest absolute Gasteiger partial charge is 0.0593 e. The number of nitrogens with zero attached hydrogens (tertiary/aromatic N) is 1. The molecule has 0 unspecified atom stereocenters. The van der Waals surface area contributed by atoms with Crippen molar-refractivity contribution >= 4 is 0 Å². The van der Waals surface area contributed by atoms with E-state index in [1.54, 1.807) is 0 Å². The first-order chi connectivity index (χ1) is 8.34. The zero-order valence-corrected chi connectivity index (χ0v) is 11.1. The molecule has 3 heteroatoms. The second-order valence-electron chi connectivity index (χ2n) is 5.76. The number of hydrogen-bond donors (Lipinski definition) is 1. The third-order valence-corrected chi connectivity index (χ3v) is 4.25. The number of piperidine rings is 1. The summed E-state index contributed by atoms with van der Waals surface area (Å²) in [5, 5.41) is 0. The van der Waals surface area contributed by atoms with E-state index in [2.05, 4.69) is 4.90 Å². The van der Waals surface area contributed by atoms with Crippen LogP contribution in [0.15, 0.2) is 0 Å². The van der Waals surface area contributed by atoms with E-state index in [1.165, 1.54) is 58.0 Å². The third-order valence-electron chi connectivity index (χ3n) is 4.25. The van der Waals surface area contributed by atoms with E-state index in [4.69, 9.17) is 10.5 Å². The molecule has 1 saturated heterocycles. The van der Waals surface area contributed by atoms with E-state index >= 15 is 0 Å². The van der Waals surface area contributed by atoms with Crippen LogP contribution in [-0.4, -0.2) is 43.8 Å². The van der Waals surface area contributed by atoms with Gasteiger partial charge in [0.2, 0.25) is 0 Å². The highest BCUT2D eigenvalue weighted by atomic mass is 16.5. The molecule has 3 nitrogen and oxygen atoms in total. The Labute approximate surface area is 106 Å². The van der Waals surface area contributed by atoms with E-state index < -0.39 is 0 Å². The Kier molecular flexibility index (Phi) is 5.75. The average Bonchev–Trinajstić information content (AvgIpc) is 2.38. The molecule has 100 valence electrons. The van der Waals surface area contributed by atoms with Crippen molar-refractivity contribution in [1.29, 1.82) is 0 Å². The molecule has 0 aromatic rings. The van der Waals surface area contributed by atoms with Crippen LogP contribution in [0.1, 0.15) is 44.9 Å². The predicted molar refractivity (Wildman–Crippen MR) is 71.0 cm³/mol. The highest BCUT2D eigenvalue weighted by molar-refractivity contribution is 4.74. The van der Waals surface area contributed by atoms with E-state index in [9.17, 15) is 0 Å². The van der Waals surface area contributed by atoms with Gasteiger partial charge in [0, 0.05) is 19.2 Å². The van der Waals surface area contributed by atoms with Crippen molar-refractivity contribution in [2.75, 3.05) is 32.8 Å². The first-order valence-corrected chi connectivity index (χ1v) is 7.40. The lowest BCUT2D eigenvalue weighted by atomic mass is 9.87. The van der Waals surface area contributed by atoms with Gasteiger partial charge in [0.25, 0.3) is 0 Å². The molecular formula is C14H28N2O. The summed E-state index contributed by atoms with van der Waals surface area (Å²) >= 11 is 0. The summed E-state index contributed by atoms with van der Waals surface area (Å²) in [5.74, 6) is 0.774. The molecule has 0 radical (unpaired) electrons. The van der Waals surface area contributed by atoms with Gasteiger partial charge in [0.1, 0.15) is 0 Å². The molecular weight excluding hydrogens is 212 g/mol. The summed E-state index contributed by atoms with van der Waals surface area (Å²) in [4.78, 5) is 2.54. The molecule has 2 rings (SSSR count). The molecule has 1 aliphatic carbocycles. The topological polar surface area (TPSA) is 38.5 Å². The standard InChI is InChI=1S/C14H28N2O/c15-14-6-4-13(5-7-14)12-17-11-10-16-8-2-1-3-9-16/h13-14H,1-12,15H2/t13-,14+. The number of likely N-dealkylation sites (tertiary alicyclic amines) is 1. The molecule has 2 aliphatic rings. The minimum absolute atomic E-state index is 0.458. The Morgan fingerprint density at radius 2 is 1.71 bits per heavy atom. The number of rotatable bonds is 5. The van der Waals surface area contributed by atoms with Crippen molar-refractivity contribution in [3.63, 3.8) is 0 Å². The first kappa shape index (κ1) is 13.3. The Balaban J connectivity index is 1.48. The highest BCUT2D eigenvalue weighted by Gasteiger charge is 2.18. The summed E-state index contributed by atoms with van der Waals surface area (Å²) in [6, 6.07) is 0.458. The highest BCUT2D eigenvalue weighted by Crippen LogP contribution is 2.23. The van der Waals surface area contributed by atoms with Crippen molar-refractivity contribution in [1.82, 2.24) is 4.90 Å². The van der Waals surface area contributed by atoms with Crippen LogP contribution in [0.3, 0.4) is 0 Å². The van der Waals surface area contributed by atoms with E-state index in [1.807, 2.05) is 0 Å². The zero-order chi connectivity index (χ0) is 11.9. The maximum absolute atomic E-state index is 5.90. The zero-order valence-electron chi connectivity index (χ0n) is 11.1. The molecule has 0 aromatic heterocycles. The van der Waals surface area contributed by atoms with Crippen LogP contribution in [0.2, 0.25) is 0 Å². The molecule has 2 N–H and O–H groups in total. The van der Waals surface area contributed by atoms with Crippen molar-refractivity contribution in [2.45, 2.75) is 51.0 Å². The summed E-state index contributed by atoms with van der Waals surface area (Å²) in [6.07, 6.45) is 9.09. The number of nitrogens with two attached hydrogens (primary N) is 1. The maximum Gasteiger partial charge on any atom is 0.0593 e. The van der Waals surface area contributed by atoms with Crippen molar-refractivity contribution in [2.24, 2.45) is 11.7 Å². The number of hydrogen-bond acceptors (Lipinski definition) is 3. The van der Waals surface area contributed by atoms with Crippen LogP contribution in [0.5, 0.6) is 0 Å². The van der Waals surface area contributed by atoms with Crippen LogP contribution in [0, 0.1) is 5.92 Å². The third kappa shape index (κ3) is 4.94. The summed E-state index contributed by atoms with van der Waals surface area (Å²) in [5.41, 5.74) is 5.90. The molecule has 1 saturated carbocycles. The van der Waals surface area contributed by atoms with Gasteiger partial charge >= 0.3 is 0 Å². The minimum atomic E-state index is 0.458. The average molecular weight is 240 g/mol. The molecule has 1 heterocycles. The van der Waals surface area contributed by atoms with Crippen LogP contribution in [-0.2, 0) is 4.74 Å². The fourth-order valence-electron chi connectivity index (χ4n) is 2.98. The maximum atomic E-state index is 5.90. The van der Waals surface area contributed by atoms with Gasteiger partial charge in [0.05, 0.1) is 6.61 Å². The predicted octanol–water partition coefficient (Wildman–Crippen LogP) is 2.01. The van der Waals surface area contributed by atoms with Gasteiger partial charge in [-0.15, -0.1) is 0 Å². The lowest BCUT2D eigenvalue weighted by Gasteiger charge is -2.28. The molecule has 17 heavy (non-hydrogen) atoms. The van der Waals surface area contributed by atoms with Crippen LogP contribution in [0.4, 0.5) is 0 Å². The molecule has 0 spiro atoms. The molecule has 0 amide bonds. The number of ether oxygens (including phenoxy) is 1. The van der Waals surface area contributed by atoms with Gasteiger partial charge in [0.15, 0.2) is 0 Å². The second kappa shape index (κ2) is 7.34. The second-order valence-corrected chi connectivity index (χ2v) is 5.76. The van der Waals surface area contributed by atoms with Gasteiger partial charge in [-0.05, 0) is 57.5 Å². The van der Waals surface area contributed by atoms with Gasteiger partial charge in [-0.25, -0.2) is 0 Å². The monoisotopic (exact) mass is 240 g/mol. The fourth-order valence-corrected chi connectivity index (χ4v) is 2.98. The van der Waals surface area contributed by atoms with Crippen LogP contribution >= 0.6 is 0 Å². The lowest BCUT2D eigenvalue weighted by molar-refractivity contribution is 0.0614. The molecule has 0 bridgehead atoms. The van der Waals surface area contributed by atoms with E-state index in [0.29, 0.717) is 6.04 Å². The minimum Gasteiger partial charge on any atom is -0.380 e. The molecule has 1 aliphatic heterocycles. The van der Waals surface area contributed by atoms with Gasteiger partial charge in [-0.1, -0.05) is 6.42 Å². The summed E-state index contributed by atoms with van der Waals surface area (Å²) in [6.45, 7) is 5.57. The van der Waals surface area contributed by atoms with E-state index in [-0.39, 0.29) is 0 Å². The quantitative estimate of drug-likeness (QED) is 0.747. The normalized spacial score (nSPS) is 31.6. The van der Waals surface area contributed by atoms with Gasteiger partial charge in [-0.2, -0.15) is 0 Å².